The second kappa shape index (κ2) is 5.10. The average molecular weight is 252 g/mol. The number of nitrogens with zero attached hydrogens (tertiary/aromatic N) is 1. The minimum absolute atomic E-state index is 0.241. The van der Waals surface area contributed by atoms with E-state index in [0.29, 0.717) is 6.10 Å². The van der Waals surface area contributed by atoms with E-state index in [9.17, 15) is 0 Å². The summed E-state index contributed by atoms with van der Waals surface area (Å²) in [5.41, 5.74) is 6.46. The predicted molar refractivity (Wildman–Crippen MR) is 73.5 cm³/mol. The van der Waals surface area contributed by atoms with Crippen LogP contribution < -0.4 is 5.73 Å². The molecule has 0 aromatic heterocycles. The van der Waals surface area contributed by atoms with Crippen molar-refractivity contribution < 1.29 is 4.74 Å². The first kappa shape index (κ1) is 12.9. The van der Waals surface area contributed by atoms with E-state index in [0.717, 1.165) is 38.0 Å². The molecule has 2 N–H and O–H groups in total. The van der Waals surface area contributed by atoms with Crippen LogP contribution in [0.4, 0.5) is 0 Å². The third-order valence-electron chi connectivity index (χ3n) is 5.62. The maximum Gasteiger partial charge on any atom is 0.0565 e. The number of ether oxygens (including phenoxy) is 1. The highest BCUT2D eigenvalue weighted by molar-refractivity contribution is 5.02. The summed E-state index contributed by atoms with van der Waals surface area (Å²) in [6.07, 6.45) is 9.76. The number of hydrogen-bond acceptors (Lipinski definition) is 3. The van der Waals surface area contributed by atoms with Gasteiger partial charge in [0.05, 0.1) is 6.10 Å². The second-order valence-electron chi connectivity index (χ2n) is 6.66. The van der Waals surface area contributed by atoms with Crippen molar-refractivity contribution in [2.75, 3.05) is 19.7 Å². The van der Waals surface area contributed by atoms with Crippen LogP contribution in [0.2, 0.25) is 0 Å². The van der Waals surface area contributed by atoms with Crippen LogP contribution >= 0.6 is 0 Å². The van der Waals surface area contributed by atoms with Crippen LogP contribution in [0, 0.1) is 5.92 Å². The number of piperidine rings is 1. The van der Waals surface area contributed by atoms with Gasteiger partial charge >= 0.3 is 0 Å². The fourth-order valence-corrected chi connectivity index (χ4v) is 4.75. The molecule has 0 spiro atoms. The van der Waals surface area contributed by atoms with E-state index in [2.05, 4.69) is 11.8 Å². The van der Waals surface area contributed by atoms with Gasteiger partial charge in [0.25, 0.3) is 0 Å². The smallest absolute Gasteiger partial charge is 0.0565 e. The van der Waals surface area contributed by atoms with Crippen LogP contribution in [0.15, 0.2) is 0 Å². The number of rotatable bonds is 2. The third-order valence-corrected chi connectivity index (χ3v) is 5.62. The Labute approximate surface area is 111 Å². The van der Waals surface area contributed by atoms with Gasteiger partial charge in [0.15, 0.2) is 0 Å². The SMILES string of the molecule is CC1CC(CN)(N2CCCC3CCCC32)CCO1. The van der Waals surface area contributed by atoms with E-state index in [-0.39, 0.29) is 5.54 Å². The number of fused-ring (bicyclic) bond motifs is 1. The first-order valence-electron chi connectivity index (χ1n) is 7.83. The summed E-state index contributed by atoms with van der Waals surface area (Å²) < 4.78 is 5.75. The molecule has 3 fully saturated rings. The highest BCUT2D eigenvalue weighted by Gasteiger charge is 2.47. The predicted octanol–water partition coefficient (Wildman–Crippen LogP) is 2.15. The van der Waals surface area contributed by atoms with Gasteiger partial charge in [-0.25, -0.2) is 0 Å². The molecular formula is C15H28N2O. The van der Waals surface area contributed by atoms with Gasteiger partial charge < -0.3 is 10.5 Å². The van der Waals surface area contributed by atoms with Crippen LogP contribution in [-0.2, 0) is 4.74 Å². The van der Waals surface area contributed by atoms with Crippen molar-refractivity contribution in [1.82, 2.24) is 4.90 Å². The molecule has 1 aliphatic carbocycles. The van der Waals surface area contributed by atoms with Crippen molar-refractivity contribution in [2.24, 2.45) is 11.7 Å². The molecule has 0 aromatic rings. The van der Waals surface area contributed by atoms with Crippen molar-refractivity contribution in [3.8, 4) is 0 Å². The third kappa shape index (κ3) is 2.10. The van der Waals surface area contributed by atoms with Crippen LogP contribution in [0.25, 0.3) is 0 Å². The maximum atomic E-state index is 6.22. The molecule has 1 saturated carbocycles. The minimum atomic E-state index is 0.241. The zero-order chi connectivity index (χ0) is 12.6. The van der Waals surface area contributed by atoms with E-state index in [1.807, 2.05) is 0 Å². The molecule has 4 unspecified atom stereocenters. The lowest BCUT2D eigenvalue weighted by Crippen LogP contribution is -2.63. The largest absolute Gasteiger partial charge is 0.378 e. The highest BCUT2D eigenvalue weighted by atomic mass is 16.5. The monoisotopic (exact) mass is 252 g/mol. The van der Waals surface area contributed by atoms with Gasteiger partial charge in [-0.05, 0) is 57.9 Å². The van der Waals surface area contributed by atoms with Crippen LogP contribution in [0.1, 0.15) is 51.9 Å². The molecule has 2 heterocycles. The van der Waals surface area contributed by atoms with E-state index in [1.54, 1.807) is 0 Å². The first-order chi connectivity index (χ1) is 8.75. The standard InChI is InChI=1S/C15H28N2O/c1-12-10-15(11-16,7-9-18-12)17-8-3-5-13-4-2-6-14(13)17/h12-14H,2-11,16H2,1H3. The topological polar surface area (TPSA) is 38.5 Å². The summed E-state index contributed by atoms with van der Waals surface area (Å²) in [4.78, 5) is 2.81. The van der Waals surface area contributed by atoms with Crippen LogP contribution in [-0.4, -0.2) is 42.3 Å². The van der Waals surface area contributed by atoms with Crippen molar-refractivity contribution in [3.05, 3.63) is 0 Å². The maximum absolute atomic E-state index is 6.22. The van der Waals surface area contributed by atoms with Gasteiger partial charge in [0.1, 0.15) is 0 Å². The quantitative estimate of drug-likeness (QED) is 0.818. The molecule has 0 radical (unpaired) electrons. The average Bonchev–Trinajstić information content (AvgIpc) is 2.86. The number of likely N-dealkylation sites (tertiary alicyclic amines) is 1. The van der Waals surface area contributed by atoms with Crippen molar-refractivity contribution in [3.63, 3.8) is 0 Å². The Morgan fingerprint density at radius 3 is 2.89 bits per heavy atom. The number of nitrogens with two attached hydrogens (primary N) is 1. The molecule has 3 nitrogen and oxygen atoms in total. The van der Waals surface area contributed by atoms with Crippen LogP contribution in [0.5, 0.6) is 0 Å². The van der Waals surface area contributed by atoms with Gasteiger partial charge in [-0.15, -0.1) is 0 Å². The van der Waals surface area contributed by atoms with Gasteiger partial charge in [-0.1, -0.05) is 6.42 Å². The summed E-state index contributed by atoms with van der Waals surface area (Å²) in [6, 6.07) is 0.826. The number of hydrogen-bond donors (Lipinski definition) is 1. The van der Waals surface area contributed by atoms with E-state index >= 15 is 0 Å². The zero-order valence-electron chi connectivity index (χ0n) is 11.7. The molecule has 3 rings (SSSR count). The summed E-state index contributed by atoms with van der Waals surface area (Å²) in [5.74, 6) is 0.959. The second-order valence-corrected chi connectivity index (χ2v) is 6.66. The normalized spacial score (nSPS) is 46.0. The molecule has 3 heteroatoms. The summed E-state index contributed by atoms with van der Waals surface area (Å²) in [5, 5.41) is 0. The molecule has 2 aliphatic heterocycles. The van der Waals surface area contributed by atoms with Crippen molar-refractivity contribution >= 4 is 0 Å². The van der Waals surface area contributed by atoms with Gasteiger partial charge in [0, 0.05) is 24.7 Å². The lowest BCUT2D eigenvalue weighted by atomic mass is 9.80. The van der Waals surface area contributed by atoms with E-state index in [1.165, 1.54) is 38.6 Å². The summed E-state index contributed by atoms with van der Waals surface area (Å²) in [6.45, 7) is 5.18. The lowest BCUT2D eigenvalue weighted by Gasteiger charge is -2.53. The first-order valence-corrected chi connectivity index (χ1v) is 7.83. The summed E-state index contributed by atoms with van der Waals surface area (Å²) in [7, 11) is 0. The molecule has 104 valence electrons. The highest BCUT2D eigenvalue weighted by Crippen LogP contribution is 2.43. The molecule has 0 aromatic carbocycles. The molecule has 18 heavy (non-hydrogen) atoms. The van der Waals surface area contributed by atoms with Crippen molar-refractivity contribution in [2.45, 2.75) is 69.6 Å². The molecule has 0 amide bonds. The zero-order valence-corrected chi connectivity index (χ0v) is 11.7. The molecule has 2 saturated heterocycles. The van der Waals surface area contributed by atoms with Gasteiger partial charge in [-0.3, -0.25) is 4.90 Å². The molecule has 0 bridgehead atoms. The van der Waals surface area contributed by atoms with Gasteiger partial charge in [0.2, 0.25) is 0 Å². The lowest BCUT2D eigenvalue weighted by molar-refractivity contribution is -0.0913. The van der Waals surface area contributed by atoms with E-state index in [4.69, 9.17) is 10.5 Å². The fraction of sp³-hybridized carbons (Fsp3) is 1.00. The van der Waals surface area contributed by atoms with Gasteiger partial charge in [-0.2, -0.15) is 0 Å². The Morgan fingerprint density at radius 2 is 2.11 bits per heavy atom. The fourth-order valence-electron chi connectivity index (χ4n) is 4.75. The van der Waals surface area contributed by atoms with E-state index < -0.39 is 0 Å². The Balaban J connectivity index is 1.81. The Morgan fingerprint density at radius 1 is 1.28 bits per heavy atom. The Hall–Kier alpha value is -0.120. The van der Waals surface area contributed by atoms with Crippen LogP contribution in [0.3, 0.4) is 0 Å². The van der Waals surface area contributed by atoms with Crippen molar-refractivity contribution in [1.29, 1.82) is 0 Å². The minimum Gasteiger partial charge on any atom is -0.378 e. The summed E-state index contributed by atoms with van der Waals surface area (Å²) >= 11 is 0. The molecule has 4 atom stereocenters. The Bertz CT molecular complexity index is 296. The molecule has 3 aliphatic rings. The Kier molecular flexibility index (Phi) is 3.65. The molecular weight excluding hydrogens is 224 g/mol.